The van der Waals surface area contributed by atoms with E-state index in [4.69, 9.17) is 9.72 Å². The van der Waals surface area contributed by atoms with Crippen LogP contribution in [0, 0.1) is 6.92 Å². The van der Waals surface area contributed by atoms with Gasteiger partial charge in [-0.05, 0) is 31.9 Å². The summed E-state index contributed by atoms with van der Waals surface area (Å²) in [5.41, 5.74) is 3.55. The third kappa shape index (κ3) is 4.19. The number of carbonyl (C=O) groups is 2. The summed E-state index contributed by atoms with van der Waals surface area (Å²) in [5.74, 6) is -0.824. The zero-order valence-corrected chi connectivity index (χ0v) is 16.4. The first kappa shape index (κ1) is 19.5. The third-order valence-electron chi connectivity index (χ3n) is 4.74. The van der Waals surface area contributed by atoms with Crippen LogP contribution in [0.5, 0.6) is 0 Å². The summed E-state index contributed by atoms with van der Waals surface area (Å²) in [4.78, 5) is 29.6. The summed E-state index contributed by atoms with van der Waals surface area (Å²) in [6.07, 6.45) is 0.814. The summed E-state index contributed by atoms with van der Waals surface area (Å²) in [6, 6.07) is 17.2. The lowest BCUT2D eigenvalue weighted by atomic mass is 9.98. The number of rotatable bonds is 6. The predicted octanol–water partition coefficient (Wildman–Crippen LogP) is 4.28. The van der Waals surface area contributed by atoms with Gasteiger partial charge in [-0.1, -0.05) is 55.5 Å². The molecule has 3 rings (SSSR count). The summed E-state index contributed by atoms with van der Waals surface area (Å²) < 4.78 is 5.34. The number of benzene rings is 2. The molecule has 1 atom stereocenters. The largest absolute Gasteiger partial charge is 0.452 e. The quantitative estimate of drug-likeness (QED) is 0.652. The van der Waals surface area contributed by atoms with E-state index in [1.807, 2.05) is 75.4 Å². The van der Waals surface area contributed by atoms with Gasteiger partial charge in [0.15, 0.2) is 6.61 Å². The van der Waals surface area contributed by atoms with Crippen LogP contribution < -0.4 is 5.32 Å². The first-order chi connectivity index (χ1) is 13.5. The molecule has 0 aliphatic heterocycles. The molecule has 2 aromatic carbocycles. The minimum absolute atomic E-state index is 0.0411. The number of ether oxygens (including phenoxy) is 1. The molecule has 5 nitrogen and oxygen atoms in total. The van der Waals surface area contributed by atoms with E-state index < -0.39 is 5.97 Å². The number of amides is 1. The van der Waals surface area contributed by atoms with Crippen molar-refractivity contribution in [3.8, 4) is 11.3 Å². The minimum atomic E-state index is -0.521. The Morgan fingerprint density at radius 1 is 1.07 bits per heavy atom. The lowest BCUT2D eigenvalue weighted by Crippen LogP contribution is -2.35. The van der Waals surface area contributed by atoms with Crippen molar-refractivity contribution in [1.82, 2.24) is 10.3 Å². The molecule has 1 amide bonds. The average Bonchev–Trinajstić information content (AvgIpc) is 2.72. The molecule has 0 unspecified atom stereocenters. The number of fused-ring (bicyclic) bond motifs is 1. The highest BCUT2D eigenvalue weighted by Gasteiger charge is 2.21. The number of hydrogen-bond donors (Lipinski definition) is 1. The minimum Gasteiger partial charge on any atom is -0.452 e. The van der Waals surface area contributed by atoms with E-state index in [9.17, 15) is 9.59 Å². The molecule has 3 aromatic rings. The van der Waals surface area contributed by atoms with Crippen molar-refractivity contribution in [3.63, 3.8) is 0 Å². The van der Waals surface area contributed by atoms with Gasteiger partial charge in [-0.15, -0.1) is 0 Å². The van der Waals surface area contributed by atoms with Gasteiger partial charge in [-0.3, -0.25) is 4.79 Å². The van der Waals surface area contributed by atoms with Crippen LogP contribution >= 0.6 is 0 Å². The van der Waals surface area contributed by atoms with E-state index in [0.29, 0.717) is 16.5 Å². The summed E-state index contributed by atoms with van der Waals surface area (Å²) in [7, 11) is 0. The molecule has 28 heavy (non-hydrogen) atoms. The summed E-state index contributed by atoms with van der Waals surface area (Å²) in [6.45, 7) is 5.44. The monoisotopic (exact) mass is 376 g/mol. The van der Waals surface area contributed by atoms with Crippen molar-refractivity contribution in [3.05, 3.63) is 65.7 Å². The maximum absolute atomic E-state index is 12.9. The maximum Gasteiger partial charge on any atom is 0.339 e. The second kappa shape index (κ2) is 8.65. The molecule has 0 spiro atoms. The van der Waals surface area contributed by atoms with Crippen LogP contribution in [0.25, 0.3) is 22.2 Å². The molecule has 0 bridgehead atoms. The van der Waals surface area contributed by atoms with Gasteiger partial charge < -0.3 is 10.1 Å². The zero-order chi connectivity index (χ0) is 20.1. The fourth-order valence-electron chi connectivity index (χ4n) is 3.07. The van der Waals surface area contributed by atoms with Crippen molar-refractivity contribution in [2.75, 3.05) is 6.61 Å². The Labute approximate surface area is 164 Å². The van der Waals surface area contributed by atoms with Crippen molar-refractivity contribution in [1.29, 1.82) is 0 Å². The zero-order valence-electron chi connectivity index (χ0n) is 16.4. The number of carbonyl (C=O) groups excluding carboxylic acids is 2. The number of esters is 1. The molecule has 0 aliphatic rings. The highest BCUT2D eigenvalue weighted by Crippen LogP contribution is 2.30. The van der Waals surface area contributed by atoms with Crippen LogP contribution in [0.3, 0.4) is 0 Å². The van der Waals surface area contributed by atoms with Crippen LogP contribution in [0.4, 0.5) is 0 Å². The van der Waals surface area contributed by atoms with Crippen molar-refractivity contribution >= 4 is 22.8 Å². The third-order valence-corrected chi connectivity index (χ3v) is 4.74. The Morgan fingerprint density at radius 3 is 2.46 bits per heavy atom. The van der Waals surface area contributed by atoms with Crippen molar-refractivity contribution in [2.45, 2.75) is 33.2 Å². The van der Waals surface area contributed by atoms with Gasteiger partial charge in [0.05, 0.1) is 16.8 Å². The second-order valence-corrected chi connectivity index (χ2v) is 6.80. The normalized spacial score (nSPS) is 11.8. The fourth-order valence-corrected chi connectivity index (χ4v) is 3.07. The topological polar surface area (TPSA) is 68.3 Å². The van der Waals surface area contributed by atoms with E-state index >= 15 is 0 Å². The molecule has 0 radical (unpaired) electrons. The SMILES string of the molecule is CC[C@H](C)NC(=O)COC(=O)c1c(C)c(-c2ccccc2)nc2ccccc12. The fraction of sp³-hybridized carbons (Fsp3) is 0.261. The van der Waals surface area contributed by atoms with Crippen molar-refractivity contribution < 1.29 is 14.3 Å². The molecule has 1 heterocycles. The van der Waals surface area contributed by atoms with E-state index in [1.54, 1.807) is 0 Å². The summed E-state index contributed by atoms with van der Waals surface area (Å²) >= 11 is 0. The van der Waals surface area contributed by atoms with Crippen LogP contribution in [-0.4, -0.2) is 29.5 Å². The lowest BCUT2D eigenvalue weighted by Gasteiger charge is -2.15. The Morgan fingerprint density at radius 2 is 1.75 bits per heavy atom. The highest BCUT2D eigenvalue weighted by molar-refractivity contribution is 6.06. The Kier molecular flexibility index (Phi) is 6.04. The van der Waals surface area contributed by atoms with Crippen LogP contribution in [-0.2, 0) is 9.53 Å². The van der Waals surface area contributed by atoms with Gasteiger partial charge in [0.2, 0.25) is 0 Å². The van der Waals surface area contributed by atoms with E-state index in [0.717, 1.165) is 23.2 Å². The van der Waals surface area contributed by atoms with Gasteiger partial charge in [0.1, 0.15) is 0 Å². The Bertz CT molecular complexity index is 999. The van der Waals surface area contributed by atoms with Gasteiger partial charge in [0.25, 0.3) is 5.91 Å². The Hall–Kier alpha value is -3.21. The van der Waals surface area contributed by atoms with Crippen LogP contribution in [0.1, 0.15) is 36.2 Å². The molecule has 1 aromatic heterocycles. The highest BCUT2D eigenvalue weighted by atomic mass is 16.5. The Balaban J connectivity index is 1.96. The molecule has 0 saturated carbocycles. The van der Waals surface area contributed by atoms with Crippen LogP contribution in [0.2, 0.25) is 0 Å². The average molecular weight is 376 g/mol. The molecule has 144 valence electrons. The lowest BCUT2D eigenvalue weighted by molar-refractivity contribution is -0.124. The number of nitrogens with zero attached hydrogens (tertiary/aromatic N) is 1. The second-order valence-electron chi connectivity index (χ2n) is 6.80. The maximum atomic E-state index is 12.9. The number of pyridine rings is 1. The number of aromatic nitrogens is 1. The first-order valence-electron chi connectivity index (χ1n) is 9.42. The van der Waals surface area contributed by atoms with E-state index in [-0.39, 0.29) is 18.6 Å². The van der Waals surface area contributed by atoms with Crippen LogP contribution in [0.15, 0.2) is 54.6 Å². The molecule has 0 fully saturated rings. The number of nitrogens with one attached hydrogen (secondary N) is 1. The van der Waals surface area contributed by atoms with Gasteiger partial charge >= 0.3 is 5.97 Å². The molecule has 5 heteroatoms. The molecule has 1 N–H and O–H groups in total. The van der Waals surface area contributed by atoms with Gasteiger partial charge in [0, 0.05) is 17.0 Å². The van der Waals surface area contributed by atoms with E-state index in [1.165, 1.54) is 0 Å². The standard InChI is InChI=1S/C23H24N2O3/c1-4-15(2)24-20(26)14-28-23(27)21-16(3)22(17-10-6-5-7-11-17)25-19-13-9-8-12-18(19)21/h5-13,15H,4,14H2,1-3H3,(H,24,26)/t15-/m0/s1. The van der Waals surface area contributed by atoms with Gasteiger partial charge in [-0.2, -0.15) is 0 Å². The number of para-hydroxylation sites is 1. The first-order valence-corrected chi connectivity index (χ1v) is 9.42. The predicted molar refractivity (Wildman–Crippen MR) is 110 cm³/mol. The smallest absolute Gasteiger partial charge is 0.339 e. The summed E-state index contributed by atoms with van der Waals surface area (Å²) in [5, 5.41) is 3.51. The molecular formula is C23H24N2O3. The number of hydrogen-bond acceptors (Lipinski definition) is 4. The van der Waals surface area contributed by atoms with Crippen molar-refractivity contribution in [2.24, 2.45) is 0 Å². The molecular weight excluding hydrogens is 352 g/mol. The van der Waals surface area contributed by atoms with E-state index in [2.05, 4.69) is 5.32 Å². The molecule has 0 saturated heterocycles. The van der Waals surface area contributed by atoms with Gasteiger partial charge in [-0.25, -0.2) is 9.78 Å². The molecule has 0 aliphatic carbocycles.